The number of hydrogen-bond acceptors (Lipinski definition) is 3. The molecule has 0 saturated carbocycles. The van der Waals surface area contributed by atoms with Gasteiger partial charge in [-0.05, 0) is 25.5 Å². The maximum Gasteiger partial charge on any atom is 0.307 e. The van der Waals surface area contributed by atoms with Gasteiger partial charge in [0.1, 0.15) is 11.6 Å². The number of halogens is 2. The molecule has 0 unspecified atom stereocenters. The number of carbonyl (C=O) groups is 1. The molecule has 0 saturated heterocycles. The van der Waals surface area contributed by atoms with E-state index < -0.39 is 0 Å². The molecule has 2 rings (SSSR count). The highest BCUT2D eigenvalue weighted by Gasteiger charge is 2.13. The second-order valence-electron chi connectivity index (χ2n) is 4.46. The Labute approximate surface area is 121 Å². The van der Waals surface area contributed by atoms with Crippen LogP contribution in [0.1, 0.15) is 24.7 Å². The molecule has 108 valence electrons. The van der Waals surface area contributed by atoms with Gasteiger partial charge in [-0.15, -0.1) is 11.6 Å². The monoisotopic (exact) mass is 298 g/mol. The van der Waals surface area contributed by atoms with Crippen LogP contribution in [0.4, 0.5) is 4.39 Å². The van der Waals surface area contributed by atoms with Gasteiger partial charge < -0.3 is 9.30 Å². The van der Waals surface area contributed by atoms with Gasteiger partial charge in [-0.25, -0.2) is 9.37 Å². The first-order chi connectivity index (χ1) is 9.56. The van der Waals surface area contributed by atoms with Crippen LogP contribution in [0.3, 0.4) is 0 Å². The second-order valence-corrected chi connectivity index (χ2v) is 4.73. The lowest BCUT2D eigenvalue weighted by Crippen LogP contribution is -2.10. The van der Waals surface area contributed by atoms with Crippen LogP contribution < -0.4 is 0 Å². The maximum atomic E-state index is 13.6. The lowest BCUT2D eigenvalue weighted by Gasteiger charge is -2.08. The van der Waals surface area contributed by atoms with Crippen molar-refractivity contribution in [3.8, 4) is 0 Å². The van der Waals surface area contributed by atoms with Crippen LogP contribution in [0.15, 0.2) is 12.1 Å². The molecule has 0 fully saturated rings. The number of aryl methyl sites for hydroxylation is 2. The third-order valence-electron chi connectivity index (χ3n) is 3.07. The summed E-state index contributed by atoms with van der Waals surface area (Å²) in [5, 5.41) is 0. The van der Waals surface area contributed by atoms with Gasteiger partial charge in [0, 0.05) is 12.6 Å². The number of fused-ring (bicyclic) bond motifs is 1. The van der Waals surface area contributed by atoms with Crippen molar-refractivity contribution in [1.29, 1.82) is 0 Å². The maximum absolute atomic E-state index is 13.6. The third kappa shape index (κ3) is 2.93. The predicted molar refractivity (Wildman–Crippen MR) is 75.2 cm³/mol. The van der Waals surface area contributed by atoms with Crippen molar-refractivity contribution in [2.45, 2.75) is 32.7 Å². The molecule has 0 amide bonds. The Morgan fingerprint density at radius 2 is 2.25 bits per heavy atom. The van der Waals surface area contributed by atoms with Crippen LogP contribution >= 0.6 is 11.6 Å². The first-order valence-electron chi connectivity index (χ1n) is 6.43. The van der Waals surface area contributed by atoms with E-state index in [1.807, 2.05) is 4.57 Å². The van der Waals surface area contributed by atoms with Gasteiger partial charge in [-0.3, -0.25) is 4.79 Å². The highest BCUT2D eigenvalue weighted by molar-refractivity contribution is 6.16. The summed E-state index contributed by atoms with van der Waals surface area (Å²) < 4.78 is 20.3. The first-order valence-corrected chi connectivity index (χ1v) is 6.97. The highest BCUT2D eigenvalue weighted by atomic mass is 35.5. The summed E-state index contributed by atoms with van der Waals surface area (Å²) in [5.41, 5.74) is 1.87. The Hall–Kier alpha value is -1.62. The van der Waals surface area contributed by atoms with E-state index >= 15 is 0 Å². The summed E-state index contributed by atoms with van der Waals surface area (Å²) >= 11 is 5.87. The SMILES string of the molecule is CCOC(=O)CCn1c(CCl)nc2cc(F)c(C)cc21. The van der Waals surface area contributed by atoms with Crippen molar-refractivity contribution in [1.82, 2.24) is 9.55 Å². The Balaban J connectivity index is 2.35. The standard InChI is InChI=1S/C14H16ClFN2O2/c1-3-20-14(19)4-5-18-12-6-9(2)10(16)7-11(12)17-13(18)8-15/h6-7H,3-5,8H2,1-2H3. The van der Waals surface area contributed by atoms with E-state index in [0.29, 0.717) is 30.1 Å². The van der Waals surface area contributed by atoms with Gasteiger partial charge >= 0.3 is 5.97 Å². The fraction of sp³-hybridized carbons (Fsp3) is 0.429. The zero-order chi connectivity index (χ0) is 14.7. The average Bonchev–Trinajstić information content (AvgIpc) is 2.74. The van der Waals surface area contributed by atoms with Gasteiger partial charge in [0.15, 0.2) is 0 Å². The number of alkyl halides is 1. The minimum absolute atomic E-state index is 0.207. The van der Waals surface area contributed by atoms with E-state index in [1.165, 1.54) is 6.07 Å². The molecule has 1 aromatic carbocycles. The summed E-state index contributed by atoms with van der Waals surface area (Å²) in [7, 11) is 0. The Morgan fingerprint density at radius 3 is 2.90 bits per heavy atom. The number of imidazole rings is 1. The lowest BCUT2D eigenvalue weighted by atomic mass is 10.2. The molecule has 0 N–H and O–H groups in total. The van der Waals surface area contributed by atoms with E-state index in [2.05, 4.69) is 4.98 Å². The molecular weight excluding hydrogens is 283 g/mol. The topological polar surface area (TPSA) is 44.1 Å². The van der Waals surface area contributed by atoms with Crippen molar-refractivity contribution >= 4 is 28.6 Å². The molecule has 0 aliphatic carbocycles. The highest BCUT2D eigenvalue weighted by Crippen LogP contribution is 2.21. The van der Waals surface area contributed by atoms with Crippen LogP contribution in [0.2, 0.25) is 0 Å². The number of nitrogens with zero attached hydrogens (tertiary/aromatic N) is 2. The van der Waals surface area contributed by atoms with Gasteiger partial charge in [-0.1, -0.05) is 0 Å². The number of esters is 1. The number of benzene rings is 1. The molecule has 2 aromatic rings. The lowest BCUT2D eigenvalue weighted by molar-refractivity contribution is -0.143. The summed E-state index contributed by atoms with van der Waals surface area (Å²) in [6.07, 6.45) is 0.236. The van der Waals surface area contributed by atoms with Crippen LogP contribution in [0, 0.1) is 12.7 Å². The van der Waals surface area contributed by atoms with E-state index in [4.69, 9.17) is 16.3 Å². The summed E-state index contributed by atoms with van der Waals surface area (Å²) in [5.74, 6) is 0.261. The predicted octanol–water partition coefficient (Wildman–Crippen LogP) is 3.18. The Kier molecular flexibility index (Phi) is 4.60. The molecular formula is C14H16ClFN2O2. The van der Waals surface area contributed by atoms with Crippen molar-refractivity contribution in [3.63, 3.8) is 0 Å². The molecule has 6 heteroatoms. The molecule has 4 nitrogen and oxygen atoms in total. The number of ether oxygens (including phenoxy) is 1. The van der Waals surface area contributed by atoms with E-state index in [9.17, 15) is 9.18 Å². The van der Waals surface area contributed by atoms with Crippen molar-refractivity contribution < 1.29 is 13.9 Å². The smallest absolute Gasteiger partial charge is 0.307 e. The van der Waals surface area contributed by atoms with Crippen molar-refractivity contribution in [2.75, 3.05) is 6.61 Å². The van der Waals surface area contributed by atoms with Crippen molar-refractivity contribution in [2.24, 2.45) is 0 Å². The fourth-order valence-electron chi connectivity index (χ4n) is 2.09. The van der Waals surface area contributed by atoms with E-state index in [1.54, 1.807) is 19.9 Å². The molecule has 1 heterocycles. The molecule has 1 aromatic heterocycles. The molecule has 20 heavy (non-hydrogen) atoms. The normalized spacial score (nSPS) is 11.0. The molecule has 0 aliphatic heterocycles. The Morgan fingerprint density at radius 1 is 1.50 bits per heavy atom. The minimum atomic E-state index is -0.298. The molecule has 0 bridgehead atoms. The van der Waals surface area contributed by atoms with Gasteiger partial charge in [0.05, 0.1) is 29.9 Å². The van der Waals surface area contributed by atoms with Crippen LogP contribution in [0.5, 0.6) is 0 Å². The molecule has 0 spiro atoms. The van der Waals surface area contributed by atoms with Crippen molar-refractivity contribution in [3.05, 3.63) is 29.3 Å². The largest absolute Gasteiger partial charge is 0.466 e. The Bertz CT molecular complexity index is 640. The summed E-state index contributed by atoms with van der Waals surface area (Å²) in [6.45, 7) is 4.23. The van der Waals surface area contributed by atoms with Crippen LogP contribution in [0.25, 0.3) is 11.0 Å². The quantitative estimate of drug-likeness (QED) is 0.629. The summed E-state index contributed by atoms with van der Waals surface area (Å²) in [6, 6.07) is 3.11. The number of rotatable bonds is 5. The third-order valence-corrected chi connectivity index (χ3v) is 3.31. The zero-order valence-corrected chi connectivity index (χ0v) is 12.2. The van der Waals surface area contributed by atoms with Gasteiger partial charge in [0.25, 0.3) is 0 Å². The minimum Gasteiger partial charge on any atom is -0.466 e. The zero-order valence-electron chi connectivity index (χ0n) is 11.4. The van der Waals surface area contributed by atoms with Gasteiger partial charge in [-0.2, -0.15) is 0 Å². The second kappa shape index (κ2) is 6.22. The number of carbonyl (C=O) groups excluding carboxylic acids is 1. The molecule has 0 radical (unpaired) electrons. The molecule has 0 aliphatic rings. The van der Waals surface area contributed by atoms with Gasteiger partial charge in [0.2, 0.25) is 0 Å². The van der Waals surface area contributed by atoms with E-state index in [-0.39, 0.29) is 24.1 Å². The van der Waals surface area contributed by atoms with Crippen LogP contribution in [-0.4, -0.2) is 22.1 Å². The van der Waals surface area contributed by atoms with Crippen LogP contribution in [-0.2, 0) is 22.0 Å². The van der Waals surface area contributed by atoms with E-state index in [0.717, 1.165) is 5.52 Å². The fourth-order valence-corrected chi connectivity index (χ4v) is 2.29. The number of aromatic nitrogens is 2. The summed E-state index contributed by atoms with van der Waals surface area (Å²) in [4.78, 5) is 15.7. The number of hydrogen-bond donors (Lipinski definition) is 0. The molecule has 0 atom stereocenters. The average molecular weight is 299 g/mol. The first kappa shape index (κ1) is 14.8.